The largest absolute Gasteiger partial charge is 0.462 e. The fourth-order valence-corrected chi connectivity index (χ4v) is 7.36. The number of amides is 1. The second-order valence-electron chi connectivity index (χ2n) is 16.5. The van der Waals surface area contributed by atoms with Crippen molar-refractivity contribution in [3.63, 3.8) is 0 Å². The number of unbranched alkanes of at least 4 members (excludes halogenated alkanes) is 28. The minimum atomic E-state index is -0.783. The molecule has 0 aliphatic rings. The molecule has 6 nitrogen and oxygen atoms in total. The van der Waals surface area contributed by atoms with Gasteiger partial charge in [-0.1, -0.05) is 212 Å². The lowest BCUT2D eigenvalue weighted by Gasteiger charge is -2.24. The molecule has 0 aromatic rings. The minimum Gasteiger partial charge on any atom is -0.462 e. The Balaban J connectivity index is 4.56. The molecule has 3 N–H and O–H groups in total. The lowest BCUT2D eigenvalue weighted by Crippen LogP contribution is -2.46. The van der Waals surface area contributed by atoms with Gasteiger partial charge in [-0.05, 0) is 51.4 Å². The van der Waals surface area contributed by atoms with E-state index >= 15 is 0 Å². The average Bonchev–Trinajstić information content (AvgIpc) is 3.18. The molecule has 0 bridgehead atoms. The zero-order chi connectivity index (χ0) is 40.3. The van der Waals surface area contributed by atoms with Crippen LogP contribution >= 0.6 is 0 Å². The van der Waals surface area contributed by atoms with Crippen molar-refractivity contribution in [1.29, 1.82) is 0 Å². The summed E-state index contributed by atoms with van der Waals surface area (Å²) in [6.07, 6.45) is 48.0. The molecule has 0 rings (SSSR count). The van der Waals surface area contributed by atoms with Crippen LogP contribution in [0, 0.1) is 0 Å². The highest BCUT2D eigenvalue weighted by molar-refractivity contribution is 5.77. The lowest BCUT2D eigenvalue weighted by molar-refractivity contribution is -0.151. The van der Waals surface area contributed by atoms with Crippen LogP contribution < -0.4 is 5.32 Å². The Kier molecular flexibility index (Phi) is 42.2. The van der Waals surface area contributed by atoms with Crippen LogP contribution in [0.4, 0.5) is 0 Å². The molecule has 0 aromatic carbocycles. The number of allylic oxidation sites excluding steroid dienone is 4. The van der Waals surface area contributed by atoms with Crippen LogP contribution in [-0.4, -0.2) is 46.9 Å². The number of nitrogens with one attached hydrogen (secondary N) is 1. The summed E-state index contributed by atoms with van der Waals surface area (Å²) in [6, 6.07) is -0.697. The SMILES string of the molecule is CCCCC/C=C/C=C/CCCCCCCCC(=O)OC(CCCCCCCCCCCCC)CC(=O)NC(CO)C(O)CCCCCCCCCCCC. The van der Waals surface area contributed by atoms with E-state index in [1.807, 2.05) is 0 Å². The van der Waals surface area contributed by atoms with Gasteiger partial charge in [-0.25, -0.2) is 0 Å². The molecule has 3 atom stereocenters. The molecular formula is C49H93NO5. The Labute approximate surface area is 341 Å². The Morgan fingerprint density at radius 1 is 0.527 bits per heavy atom. The number of ether oxygens (including phenoxy) is 1. The van der Waals surface area contributed by atoms with Crippen molar-refractivity contribution in [2.45, 2.75) is 270 Å². The predicted octanol–water partition coefficient (Wildman–Crippen LogP) is 14.0. The average molecular weight is 776 g/mol. The fraction of sp³-hybridized carbons (Fsp3) is 0.878. The van der Waals surface area contributed by atoms with Gasteiger partial charge >= 0.3 is 5.97 Å². The summed E-state index contributed by atoms with van der Waals surface area (Å²) in [6.45, 7) is 6.44. The van der Waals surface area contributed by atoms with Gasteiger partial charge in [0.1, 0.15) is 6.10 Å². The van der Waals surface area contributed by atoms with Crippen molar-refractivity contribution in [3.05, 3.63) is 24.3 Å². The van der Waals surface area contributed by atoms with Crippen molar-refractivity contribution in [1.82, 2.24) is 5.32 Å². The van der Waals surface area contributed by atoms with Gasteiger partial charge in [0, 0.05) is 6.42 Å². The van der Waals surface area contributed by atoms with Crippen LogP contribution in [-0.2, 0) is 14.3 Å². The molecule has 0 radical (unpaired) electrons. The zero-order valence-corrected chi connectivity index (χ0v) is 36.8. The van der Waals surface area contributed by atoms with E-state index in [2.05, 4.69) is 50.4 Å². The molecule has 0 fully saturated rings. The predicted molar refractivity (Wildman–Crippen MR) is 236 cm³/mol. The van der Waals surface area contributed by atoms with Crippen molar-refractivity contribution in [3.8, 4) is 0 Å². The molecule has 0 aliphatic carbocycles. The van der Waals surface area contributed by atoms with Gasteiger partial charge in [0.15, 0.2) is 0 Å². The molecule has 0 heterocycles. The lowest BCUT2D eigenvalue weighted by atomic mass is 10.0. The third-order valence-corrected chi connectivity index (χ3v) is 11.1. The molecule has 0 saturated heterocycles. The maximum absolute atomic E-state index is 13.1. The van der Waals surface area contributed by atoms with E-state index in [-0.39, 0.29) is 24.9 Å². The van der Waals surface area contributed by atoms with E-state index in [0.29, 0.717) is 19.3 Å². The number of aliphatic hydroxyl groups is 2. The number of esters is 1. The van der Waals surface area contributed by atoms with Crippen LogP contribution in [0.1, 0.15) is 252 Å². The first kappa shape index (κ1) is 53.3. The number of aliphatic hydroxyl groups excluding tert-OH is 2. The first-order valence-electron chi connectivity index (χ1n) is 24.1. The summed E-state index contributed by atoms with van der Waals surface area (Å²) < 4.78 is 5.91. The molecule has 55 heavy (non-hydrogen) atoms. The number of rotatable bonds is 43. The van der Waals surface area contributed by atoms with Gasteiger partial charge in [0.2, 0.25) is 5.91 Å². The summed E-state index contributed by atoms with van der Waals surface area (Å²) in [4.78, 5) is 26.0. The summed E-state index contributed by atoms with van der Waals surface area (Å²) in [5.74, 6) is -0.478. The molecule has 0 aliphatic heterocycles. The number of carbonyl (C=O) groups is 2. The van der Waals surface area contributed by atoms with Crippen LogP contribution in [0.15, 0.2) is 24.3 Å². The van der Waals surface area contributed by atoms with E-state index in [1.165, 1.54) is 148 Å². The molecule has 6 heteroatoms. The summed E-state index contributed by atoms with van der Waals surface area (Å²) in [5.41, 5.74) is 0. The number of hydrogen-bond donors (Lipinski definition) is 3. The molecule has 0 spiro atoms. The third kappa shape index (κ3) is 39.0. The van der Waals surface area contributed by atoms with Gasteiger partial charge in [-0.15, -0.1) is 0 Å². The highest BCUT2D eigenvalue weighted by atomic mass is 16.5. The van der Waals surface area contributed by atoms with Crippen LogP contribution in [0.3, 0.4) is 0 Å². The number of carbonyl (C=O) groups excluding carboxylic acids is 2. The monoisotopic (exact) mass is 776 g/mol. The van der Waals surface area contributed by atoms with E-state index in [1.54, 1.807) is 0 Å². The molecule has 324 valence electrons. The first-order valence-corrected chi connectivity index (χ1v) is 24.1. The Morgan fingerprint density at radius 2 is 0.909 bits per heavy atom. The fourth-order valence-electron chi connectivity index (χ4n) is 7.36. The highest BCUT2D eigenvalue weighted by Crippen LogP contribution is 2.18. The summed E-state index contributed by atoms with van der Waals surface area (Å²) in [5, 5.41) is 23.6. The van der Waals surface area contributed by atoms with Gasteiger partial charge < -0.3 is 20.3 Å². The molecule has 1 amide bonds. The van der Waals surface area contributed by atoms with Crippen molar-refractivity contribution >= 4 is 11.9 Å². The minimum absolute atomic E-state index is 0.0775. The normalized spacial score (nSPS) is 13.5. The smallest absolute Gasteiger partial charge is 0.306 e. The molecular weight excluding hydrogens is 683 g/mol. The highest BCUT2D eigenvalue weighted by Gasteiger charge is 2.24. The van der Waals surface area contributed by atoms with Crippen molar-refractivity contribution in [2.24, 2.45) is 0 Å². The zero-order valence-electron chi connectivity index (χ0n) is 36.8. The quantitative estimate of drug-likeness (QED) is 0.0326. The van der Waals surface area contributed by atoms with Crippen molar-refractivity contribution < 1.29 is 24.5 Å². The van der Waals surface area contributed by atoms with Crippen LogP contribution in [0.2, 0.25) is 0 Å². The van der Waals surface area contributed by atoms with E-state index in [4.69, 9.17) is 4.74 Å². The van der Waals surface area contributed by atoms with Crippen molar-refractivity contribution in [2.75, 3.05) is 6.61 Å². The van der Waals surface area contributed by atoms with Crippen LogP contribution in [0.5, 0.6) is 0 Å². The van der Waals surface area contributed by atoms with E-state index in [0.717, 1.165) is 57.8 Å². The number of hydrogen-bond acceptors (Lipinski definition) is 5. The first-order chi connectivity index (χ1) is 27.0. The van der Waals surface area contributed by atoms with E-state index in [9.17, 15) is 19.8 Å². The maximum atomic E-state index is 13.1. The Bertz CT molecular complexity index is 873. The van der Waals surface area contributed by atoms with Crippen LogP contribution in [0.25, 0.3) is 0 Å². The van der Waals surface area contributed by atoms with Gasteiger partial charge in [-0.3, -0.25) is 9.59 Å². The summed E-state index contributed by atoms with van der Waals surface area (Å²) in [7, 11) is 0. The van der Waals surface area contributed by atoms with Gasteiger partial charge in [-0.2, -0.15) is 0 Å². The summed E-state index contributed by atoms with van der Waals surface area (Å²) >= 11 is 0. The molecule has 3 unspecified atom stereocenters. The molecule has 0 saturated carbocycles. The second-order valence-corrected chi connectivity index (χ2v) is 16.5. The van der Waals surface area contributed by atoms with E-state index < -0.39 is 18.2 Å². The third-order valence-electron chi connectivity index (χ3n) is 11.1. The maximum Gasteiger partial charge on any atom is 0.306 e. The Morgan fingerprint density at radius 3 is 1.38 bits per heavy atom. The second kappa shape index (κ2) is 43.5. The molecule has 0 aromatic heterocycles. The standard InChI is InChI=1S/C49H93NO5/c1-4-7-10-13-16-19-22-23-24-25-27-30-33-36-39-42-49(54)55-45(40-37-34-31-28-26-20-17-14-11-8-5-2)43-48(53)50-46(44-51)47(52)41-38-35-32-29-21-18-15-12-9-6-3/h16,19,22-23,45-47,51-52H,4-15,17-18,20-21,24-44H2,1-3H3,(H,50,53)/b19-16+,23-22+. The topological polar surface area (TPSA) is 95.9 Å². The Hall–Kier alpha value is -1.66. The van der Waals surface area contributed by atoms with Gasteiger partial charge in [0.05, 0.1) is 25.2 Å². The van der Waals surface area contributed by atoms with Gasteiger partial charge in [0.25, 0.3) is 0 Å².